The minimum Gasteiger partial charge on any atom is -0.450 e. The van der Waals surface area contributed by atoms with Crippen molar-refractivity contribution in [1.29, 1.82) is 0 Å². The standard InChI is InChI=1S/C18H29N3O2/c1-18(2,3)15(10-6-12-23-17(19)22)21-14-9-4-7-13-8-5-11-20-16(13)14/h5,8,11,14-15,21H,4,6-7,9-10,12H2,1-3H3,(H2,19,22). The van der Waals surface area contributed by atoms with E-state index in [2.05, 4.69) is 37.1 Å². The zero-order valence-electron chi connectivity index (χ0n) is 14.5. The lowest BCUT2D eigenvalue weighted by atomic mass is 9.82. The number of aryl methyl sites for hydroxylation is 1. The fraction of sp³-hybridized carbons (Fsp3) is 0.667. The summed E-state index contributed by atoms with van der Waals surface area (Å²) < 4.78 is 4.85. The molecule has 1 amide bonds. The van der Waals surface area contributed by atoms with Crippen molar-refractivity contribution < 1.29 is 9.53 Å². The van der Waals surface area contributed by atoms with Crippen LogP contribution in [0.2, 0.25) is 0 Å². The highest BCUT2D eigenvalue weighted by atomic mass is 16.5. The Kier molecular flexibility index (Phi) is 5.99. The second-order valence-corrected chi connectivity index (χ2v) is 7.39. The van der Waals surface area contributed by atoms with Crippen molar-refractivity contribution in [2.75, 3.05) is 6.61 Å². The van der Waals surface area contributed by atoms with Gasteiger partial charge in [0, 0.05) is 18.3 Å². The van der Waals surface area contributed by atoms with Crippen molar-refractivity contribution in [3.8, 4) is 0 Å². The number of hydrogen-bond donors (Lipinski definition) is 2. The molecule has 23 heavy (non-hydrogen) atoms. The number of carbonyl (C=O) groups is 1. The van der Waals surface area contributed by atoms with Gasteiger partial charge < -0.3 is 15.8 Å². The topological polar surface area (TPSA) is 77.2 Å². The summed E-state index contributed by atoms with van der Waals surface area (Å²) in [6, 6.07) is 4.84. The normalized spacial score (nSPS) is 19.0. The number of amides is 1. The number of pyridine rings is 1. The number of nitrogens with two attached hydrogens (primary N) is 1. The van der Waals surface area contributed by atoms with Crippen molar-refractivity contribution in [3.05, 3.63) is 29.6 Å². The Labute approximate surface area is 139 Å². The third-order valence-corrected chi connectivity index (χ3v) is 4.52. The van der Waals surface area contributed by atoms with Gasteiger partial charge in [-0.2, -0.15) is 0 Å². The largest absolute Gasteiger partial charge is 0.450 e. The summed E-state index contributed by atoms with van der Waals surface area (Å²) in [7, 11) is 0. The smallest absolute Gasteiger partial charge is 0.404 e. The second-order valence-electron chi connectivity index (χ2n) is 7.39. The van der Waals surface area contributed by atoms with Crippen molar-refractivity contribution in [3.63, 3.8) is 0 Å². The molecule has 2 unspecified atom stereocenters. The van der Waals surface area contributed by atoms with E-state index in [1.54, 1.807) is 0 Å². The SMILES string of the molecule is CC(C)(C)C(CCCOC(N)=O)NC1CCCc2cccnc21. The minimum absolute atomic E-state index is 0.124. The van der Waals surface area contributed by atoms with E-state index < -0.39 is 6.09 Å². The Morgan fingerprint density at radius 3 is 3.00 bits per heavy atom. The molecule has 0 bridgehead atoms. The van der Waals surface area contributed by atoms with Crippen LogP contribution in [0.15, 0.2) is 18.3 Å². The number of hydrogen-bond acceptors (Lipinski definition) is 4. The molecule has 0 saturated heterocycles. The first kappa shape index (κ1) is 17.7. The van der Waals surface area contributed by atoms with Crippen LogP contribution in [0.3, 0.4) is 0 Å². The van der Waals surface area contributed by atoms with Crippen molar-refractivity contribution in [2.45, 2.75) is 65.0 Å². The van der Waals surface area contributed by atoms with Crippen molar-refractivity contribution in [2.24, 2.45) is 11.1 Å². The Balaban J connectivity index is 2.00. The van der Waals surface area contributed by atoms with Gasteiger partial charge in [0.05, 0.1) is 12.3 Å². The van der Waals surface area contributed by atoms with Crippen LogP contribution in [0.5, 0.6) is 0 Å². The molecular weight excluding hydrogens is 290 g/mol. The van der Waals surface area contributed by atoms with Crippen LogP contribution in [-0.2, 0) is 11.2 Å². The quantitative estimate of drug-likeness (QED) is 0.788. The molecule has 0 saturated carbocycles. The van der Waals surface area contributed by atoms with Crippen LogP contribution in [-0.4, -0.2) is 23.7 Å². The molecule has 2 rings (SSSR count). The number of primary amides is 1. The Bertz CT molecular complexity index is 525. The Hall–Kier alpha value is -1.62. The lowest BCUT2D eigenvalue weighted by Crippen LogP contribution is -2.43. The number of ether oxygens (including phenoxy) is 1. The van der Waals surface area contributed by atoms with Crippen molar-refractivity contribution in [1.82, 2.24) is 10.3 Å². The molecule has 0 radical (unpaired) electrons. The minimum atomic E-state index is -0.698. The van der Waals surface area contributed by atoms with Gasteiger partial charge in [-0.1, -0.05) is 26.8 Å². The first-order valence-corrected chi connectivity index (χ1v) is 8.50. The van der Waals surface area contributed by atoms with Gasteiger partial charge in [0.2, 0.25) is 0 Å². The van der Waals surface area contributed by atoms with Crippen LogP contribution in [0.25, 0.3) is 0 Å². The fourth-order valence-corrected chi connectivity index (χ4v) is 3.24. The van der Waals surface area contributed by atoms with Gasteiger partial charge in [-0.05, 0) is 49.1 Å². The molecule has 128 valence electrons. The average molecular weight is 319 g/mol. The van der Waals surface area contributed by atoms with E-state index in [-0.39, 0.29) is 5.41 Å². The summed E-state index contributed by atoms with van der Waals surface area (Å²) in [5.74, 6) is 0. The molecule has 1 aromatic rings. The highest BCUT2D eigenvalue weighted by molar-refractivity contribution is 5.64. The number of fused-ring (bicyclic) bond motifs is 1. The van der Waals surface area contributed by atoms with Crippen LogP contribution in [0, 0.1) is 5.41 Å². The van der Waals surface area contributed by atoms with Gasteiger partial charge in [-0.25, -0.2) is 4.79 Å². The van der Waals surface area contributed by atoms with E-state index in [1.165, 1.54) is 17.7 Å². The number of nitrogens with one attached hydrogen (secondary N) is 1. The van der Waals surface area contributed by atoms with E-state index in [0.29, 0.717) is 18.7 Å². The maximum atomic E-state index is 10.7. The molecule has 2 atom stereocenters. The third kappa shape index (κ3) is 5.20. The molecule has 1 aliphatic rings. The first-order chi connectivity index (χ1) is 10.9. The molecule has 0 aromatic carbocycles. The van der Waals surface area contributed by atoms with E-state index in [1.807, 2.05) is 12.3 Å². The van der Waals surface area contributed by atoms with Crippen LogP contribution in [0.4, 0.5) is 4.79 Å². The fourth-order valence-electron chi connectivity index (χ4n) is 3.24. The molecule has 0 fully saturated rings. The molecule has 5 nitrogen and oxygen atoms in total. The van der Waals surface area contributed by atoms with E-state index in [0.717, 1.165) is 25.7 Å². The molecule has 3 N–H and O–H groups in total. The van der Waals surface area contributed by atoms with Gasteiger partial charge in [0.15, 0.2) is 0 Å². The lowest BCUT2D eigenvalue weighted by molar-refractivity contribution is 0.146. The molecule has 1 aliphatic carbocycles. The van der Waals surface area contributed by atoms with E-state index in [4.69, 9.17) is 10.5 Å². The summed E-state index contributed by atoms with van der Waals surface area (Å²) in [5.41, 5.74) is 7.69. The summed E-state index contributed by atoms with van der Waals surface area (Å²) in [4.78, 5) is 15.3. The van der Waals surface area contributed by atoms with Gasteiger partial charge in [-0.15, -0.1) is 0 Å². The van der Waals surface area contributed by atoms with Gasteiger partial charge in [0.25, 0.3) is 0 Å². The monoisotopic (exact) mass is 319 g/mol. The number of aromatic nitrogens is 1. The predicted molar refractivity (Wildman–Crippen MR) is 91.1 cm³/mol. The number of carbonyl (C=O) groups excluding carboxylic acids is 1. The van der Waals surface area contributed by atoms with E-state index in [9.17, 15) is 4.79 Å². The number of nitrogens with zero attached hydrogens (tertiary/aromatic N) is 1. The summed E-state index contributed by atoms with van der Waals surface area (Å²) in [6.07, 6.45) is 6.36. The van der Waals surface area contributed by atoms with Crippen LogP contribution in [0.1, 0.15) is 63.8 Å². The Morgan fingerprint density at radius 2 is 2.30 bits per heavy atom. The van der Waals surface area contributed by atoms with E-state index >= 15 is 0 Å². The van der Waals surface area contributed by atoms with Gasteiger partial charge in [0.1, 0.15) is 0 Å². The van der Waals surface area contributed by atoms with Crippen LogP contribution >= 0.6 is 0 Å². The zero-order chi connectivity index (χ0) is 16.9. The zero-order valence-corrected chi connectivity index (χ0v) is 14.5. The highest BCUT2D eigenvalue weighted by Gasteiger charge is 2.29. The average Bonchev–Trinajstić information content (AvgIpc) is 2.49. The molecule has 5 heteroatoms. The summed E-state index contributed by atoms with van der Waals surface area (Å²) in [5, 5.41) is 3.81. The third-order valence-electron chi connectivity index (χ3n) is 4.52. The molecule has 1 aromatic heterocycles. The summed E-state index contributed by atoms with van der Waals surface area (Å²) in [6.45, 7) is 7.09. The van der Waals surface area contributed by atoms with Gasteiger partial charge in [-0.3, -0.25) is 4.98 Å². The summed E-state index contributed by atoms with van der Waals surface area (Å²) >= 11 is 0. The highest BCUT2D eigenvalue weighted by Crippen LogP contribution is 2.32. The first-order valence-electron chi connectivity index (χ1n) is 8.50. The number of rotatable bonds is 6. The Morgan fingerprint density at radius 1 is 1.52 bits per heavy atom. The molecular formula is C18H29N3O2. The lowest BCUT2D eigenvalue weighted by Gasteiger charge is -2.37. The van der Waals surface area contributed by atoms with Crippen molar-refractivity contribution >= 4 is 6.09 Å². The second kappa shape index (κ2) is 7.77. The van der Waals surface area contributed by atoms with Gasteiger partial charge >= 0.3 is 6.09 Å². The molecule has 1 heterocycles. The molecule has 0 aliphatic heterocycles. The predicted octanol–water partition coefficient (Wildman–Crippen LogP) is 3.34. The van der Waals surface area contributed by atoms with Crippen LogP contribution < -0.4 is 11.1 Å². The maximum Gasteiger partial charge on any atom is 0.404 e. The maximum absolute atomic E-state index is 10.7. The molecule has 0 spiro atoms.